The Morgan fingerprint density at radius 2 is 1.88 bits per heavy atom. The first-order valence-electron chi connectivity index (χ1n) is 8.63. The maximum Gasteiger partial charge on any atom is 0.227 e. The molecule has 1 saturated heterocycles. The van der Waals surface area contributed by atoms with Crippen LogP contribution >= 0.6 is 0 Å². The molecule has 0 unspecified atom stereocenters. The van der Waals surface area contributed by atoms with Gasteiger partial charge in [0.1, 0.15) is 0 Å². The highest BCUT2D eigenvalue weighted by atomic mass is 16.2. The Hall–Kier alpha value is -2.14. The molecule has 2 aromatic rings. The van der Waals surface area contributed by atoms with Crippen molar-refractivity contribution in [1.82, 2.24) is 19.6 Å². The SMILES string of the molecule is Cc1ccc(CC(=O)N2CCCN(Cc3cnn(C)c3)CC2)cc1. The minimum Gasteiger partial charge on any atom is -0.341 e. The molecule has 0 aliphatic carbocycles. The van der Waals surface area contributed by atoms with Gasteiger partial charge >= 0.3 is 0 Å². The van der Waals surface area contributed by atoms with Crippen LogP contribution in [0.15, 0.2) is 36.7 Å². The maximum atomic E-state index is 12.6. The first-order chi connectivity index (χ1) is 11.6. The van der Waals surface area contributed by atoms with Gasteiger partial charge in [-0.3, -0.25) is 14.4 Å². The average Bonchev–Trinajstić information content (AvgIpc) is 2.82. The molecule has 1 aliphatic rings. The second kappa shape index (κ2) is 7.62. The molecule has 0 bridgehead atoms. The summed E-state index contributed by atoms with van der Waals surface area (Å²) >= 11 is 0. The van der Waals surface area contributed by atoms with E-state index in [9.17, 15) is 4.79 Å². The second-order valence-corrected chi connectivity index (χ2v) is 6.70. The minimum absolute atomic E-state index is 0.238. The van der Waals surface area contributed by atoms with Crippen LogP contribution in [0.2, 0.25) is 0 Å². The van der Waals surface area contributed by atoms with Crippen LogP contribution in [0.5, 0.6) is 0 Å². The minimum atomic E-state index is 0.238. The van der Waals surface area contributed by atoms with Gasteiger partial charge < -0.3 is 4.90 Å². The van der Waals surface area contributed by atoms with Crippen molar-refractivity contribution < 1.29 is 4.79 Å². The third-order valence-electron chi connectivity index (χ3n) is 4.58. The largest absolute Gasteiger partial charge is 0.341 e. The van der Waals surface area contributed by atoms with Gasteiger partial charge in [-0.2, -0.15) is 5.10 Å². The normalized spacial score (nSPS) is 16.2. The van der Waals surface area contributed by atoms with E-state index in [1.165, 1.54) is 11.1 Å². The van der Waals surface area contributed by atoms with Crippen LogP contribution in [0.1, 0.15) is 23.1 Å². The van der Waals surface area contributed by atoms with Gasteiger partial charge in [0.15, 0.2) is 0 Å². The highest BCUT2D eigenvalue weighted by molar-refractivity contribution is 5.78. The lowest BCUT2D eigenvalue weighted by molar-refractivity contribution is -0.130. The summed E-state index contributed by atoms with van der Waals surface area (Å²) in [5.41, 5.74) is 3.56. The summed E-state index contributed by atoms with van der Waals surface area (Å²) in [7, 11) is 1.94. The number of rotatable bonds is 4. The maximum absolute atomic E-state index is 12.6. The number of amides is 1. The van der Waals surface area contributed by atoms with E-state index in [-0.39, 0.29) is 5.91 Å². The van der Waals surface area contributed by atoms with Gasteiger partial charge in [0.2, 0.25) is 5.91 Å². The van der Waals surface area contributed by atoms with Crippen molar-refractivity contribution in [2.75, 3.05) is 26.2 Å². The number of hydrogen-bond donors (Lipinski definition) is 0. The van der Waals surface area contributed by atoms with Crippen LogP contribution in [-0.2, 0) is 24.8 Å². The first-order valence-corrected chi connectivity index (χ1v) is 8.63. The smallest absolute Gasteiger partial charge is 0.227 e. The molecule has 128 valence electrons. The fourth-order valence-corrected chi connectivity index (χ4v) is 3.18. The number of carbonyl (C=O) groups is 1. The fourth-order valence-electron chi connectivity index (χ4n) is 3.18. The van der Waals surface area contributed by atoms with Gasteiger partial charge in [-0.1, -0.05) is 29.8 Å². The van der Waals surface area contributed by atoms with Crippen molar-refractivity contribution in [3.05, 3.63) is 53.3 Å². The molecule has 5 nitrogen and oxygen atoms in total. The Kier molecular flexibility index (Phi) is 5.30. The first kappa shape index (κ1) is 16.7. The molecule has 1 aromatic heterocycles. The van der Waals surface area contributed by atoms with Crippen molar-refractivity contribution in [2.45, 2.75) is 26.3 Å². The van der Waals surface area contributed by atoms with E-state index in [1.54, 1.807) is 0 Å². The zero-order chi connectivity index (χ0) is 16.9. The van der Waals surface area contributed by atoms with Crippen LogP contribution < -0.4 is 0 Å². The quantitative estimate of drug-likeness (QED) is 0.863. The van der Waals surface area contributed by atoms with E-state index < -0.39 is 0 Å². The van der Waals surface area contributed by atoms with Crippen LogP contribution in [0, 0.1) is 6.92 Å². The van der Waals surface area contributed by atoms with Crippen LogP contribution in [-0.4, -0.2) is 51.7 Å². The molecule has 0 atom stereocenters. The molecule has 1 fully saturated rings. The second-order valence-electron chi connectivity index (χ2n) is 6.70. The molecule has 1 aliphatic heterocycles. The zero-order valence-corrected chi connectivity index (χ0v) is 14.6. The lowest BCUT2D eigenvalue weighted by atomic mass is 10.1. The molecule has 0 saturated carbocycles. The van der Waals surface area contributed by atoms with Crippen molar-refractivity contribution in [3.63, 3.8) is 0 Å². The van der Waals surface area contributed by atoms with E-state index >= 15 is 0 Å². The summed E-state index contributed by atoms with van der Waals surface area (Å²) in [4.78, 5) is 17.0. The predicted molar refractivity (Wildman–Crippen MR) is 94.6 cm³/mol. The topological polar surface area (TPSA) is 41.4 Å². The molecule has 0 radical (unpaired) electrons. The van der Waals surface area contributed by atoms with Gasteiger partial charge in [-0.15, -0.1) is 0 Å². The standard InChI is InChI=1S/C19H26N4O/c1-16-4-6-17(7-5-16)12-19(24)23-9-3-8-22(10-11-23)15-18-13-20-21(2)14-18/h4-7,13-14H,3,8-12,15H2,1-2H3. The third-order valence-corrected chi connectivity index (χ3v) is 4.58. The van der Waals surface area contributed by atoms with Crippen molar-refractivity contribution in [2.24, 2.45) is 7.05 Å². The van der Waals surface area contributed by atoms with Crippen molar-refractivity contribution in [3.8, 4) is 0 Å². The molecule has 24 heavy (non-hydrogen) atoms. The summed E-state index contributed by atoms with van der Waals surface area (Å²) < 4.78 is 1.84. The lowest BCUT2D eigenvalue weighted by Gasteiger charge is -2.22. The molecule has 1 aromatic carbocycles. The van der Waals surface area contributed by atoms with E-state index in [4.69, 9.17) is 0 Å². The zero-order valence-electron chi connectivity index (χ0n) is 14.6. The van der Waals surface area contributed by atoms with Gasteiger partial charge in [-0.05, 0) is 18.9 Å². The Morgan fingerprint density at radius 1 is 1.08 bits per heavy atom. The Morgan fingerprint density at radius 3 is 2.58 bits per heavy atom. The summed E-state index contributed by atoms with van der Waals surface area (Å²) in [6.07, 6.45) is 5.51. The summed E-state index contributed by atoms with van der Waals surface area (Å²) in [5, 5.41) is 4.23. The third kappa shape index (κ3) is 4.45. The van der Waals surface area contributed by atoms with E-state index in [0.29, 0.717) is 6.42 Å². The predicted octanol–water partition coefficient (Wildman–Crippen LogP) is 2.01. The monoisotopic (exact) mass is 326 g/mol. The lowest BCUT2D eigenvalue weighted by Crippen LogP contribution is -2.36. The number of nitrogens with zero attached hydrogens (tertiary/aromatic N) is 4. The van der Waals surface area contributed by atoms with Crippen molar-refractivity contribution >= 4 is 5.91 Å². The number of benzene rings is 1. The van der Waals surface area contributed by atoms with Crippen molar-refractivity contribution in [1.29, 1.82) is 0 Å². The van der Waals surface area contributed by atoms with Gasteiger partial charge in [0.05, 0.1) is 12.6 Å². The number of hydrogen-bond acceptors (Lipinski definition) is 3. The molecular weight excluding hydrogens is 300 g/mol. The fraction of sp³-hybridized carbons (Fsp3) is 0.474. The molecule has 2 heterocycles. The molecular formula is C19H26N4O. The van der Waals surface area contributed by atoms with Crippen LogP contribution in [0.25, 0.3) is 0 Å². The van der Waals surface area contributed by atoms with Crippen LogP contribution in [0.4, 0.5) is 0 Å². The summed E-state index contributed by atoms with van der Waals surface area (Å²) in [6.45, 7) is 6.60. The summed E-state index contributed by atoms with van der Waals surface area (Å²) in [6, 6.07) is 8.25. The van der Waals surface area contributed by atoms with E-state index in [0.717, 1.165) is 44.7 Å². The molecule has 1 amide bonds. The number of aryl methyl sites for hydroxylation is 2. The molecule has 5 heteroatoms. The molecule has 0 spiro atoms. The molecule has 3 rings (SSSR count). The number of carbonyl (C=O) groups excluding carboxylic acids is 1. The Labute approximate surface area is 143 Å². The van der Waals surface area contributed by atoms with Gasteiger partial charge in [0.25, 0.3) is 0 Å². The summed E-state index contributed by atoms with van der Waals surface area (Å²) in [5.74, 6) is 0.238. The van der Waals surface area contributed by atoms with Crippen LogP contribution in [0.3, 0.4) is 0 Å². The Balaban J connectivity index is 1.52. The number of aromatic nitrogens is 2. The van der Waals surface area contributed by atoms with Gasteiger partial charge in [0, 0.05) is 51.5 Å². The highest BCUT2D eigenvalue weighted by Crippen LogP contribution is 2.11. The molecule has 0 N–H and O–H groups in total. The average molecular weight is 326 g/mol. The van der Waals surface area contributed by atoms with E-state index in [1.807, 2.05) is 22.8 Å². The Bertz CT molecular complexity index is 677. The van der Waals surface area contributed by atoms with Gasteiger partial charge in [-0.25, -0.2) is 0 Å². The highest BCUT2D eigenvalue weighted by Gasteiger charge is 2.19. The van der Waals surface area contributed by atoms with E-state index in [2.05, 4.69) is 47.4 Å².